The molecule has 1 aliphatic rings. The first-order valence-electron chi connectivity index (χ1n) is 9.89. The molecule has 0 saturated carbocycles. The number of esters is 1. The molecule has 162 valence electrons. The van der Waals surface area contributed by atoms with Crippen molar-refractivity contribution in [3.8, 4) is 17.2 Å². The quantitative estimate of drug-likeness (QED) is 0.270. The Labute approximate surface area is 190 Å². The molecule has 7 heteroatoms. The standard InChI is InChI=1S/C25H20ClNO5/c1-29-21-3-2-4-22(16-21)31-14-13-30-20-11-5-17(6-12-20)15-23-25(28)32-24(27-23)18-7-9-19(26)10-8-18/h2-12,15-16H,13-14H2,1H3. The van der Waals surface area contributed by atoms with Gasteiger partial charge in [-0.15, -0.1) is 0 Å². The van der Waals surface area contributed by atoms with Gasteiger partial charge in [-0.25, -0.2) is 9.79 Å². The average Bonchev–Trinajstić information content (AvgIpc) is 3.18. The fourth-order valence-corrected chi connectivity index (χ4v) is 3.08. The van der Waals surface area contributed by atoms with Gasteiger partial charge in [0.2, 0.25) is 5.90 Å². The highest BCUT2D eigenvalue weighted by molar-refractivity contribution is 6.30. The van der Waals surface area contributed by atoms with Crippen LogP contribution in [0.25, 0.3) is 6.08 Å². The summed E-state index contributed by atoms with van der Waals surface area (Å²) >= 11 is 5.89. The van der Waals surface area contributed by atoms with Crippen molar-refractivity contribution in [1.82, 2.24) is 0 Å². The first-order chi connectivity index (χ1) is 15.6. The van der Waals surface area contributed by atoms with Crippen molar-refractivity contribution >= 4 is 29.5 Å². The lowest BCUT2D eigenvalue weighted by atomic mass is 10.2. The van der Waals surface area contributed by atoms with Crippen LogP contribution in [0.4, 0.5) is 0 Å². The summed E-state index contributed by atoms with van der Waals surface area (Å²) in [5, 5.41) is 0.601. The van der Waals surface area contributed by atoms with Crippen LogP contribution in [0.15, 0.2) is 83.5 Å². The molecule has 0 atom stereocenters. The van der Waals surface area contributed by atoms with Gasteiger partial charge in [0.15, 0.2) is 5.70 Å². The zero-order valence-corrected chi connectivity index (χ0v) is 18.0. The molecule has 0 bridgehead atoms. The fourth-order valence-electron chi connectivity index (χ4n) is 2.95. The number of aliphatic imine (C=N–C) groups is 1. The Hall–Kier alpha value is -3.77. The number of hydrogen-bond donors (Lipinski definition) is 0. The molecule has 1 heterocycles. The SMILES string of the molecule is COc1cccc(OCCOc2ccc(C=C3N=C(c4ccc(Cl)cc4)OC3=O)cc2)c1. The molecule has 0 radical (unpaired) electrons. The third-order valence-electron chi connectivity index (χ3n) is 4.56. The second-order valence-corrected chi connectivity index (χ2v) is 7.22. The van der Waals surface area contributed by atoms with Gasteiger partial charge in [0.05, 0.1) is 7.11 Å². The number of methoxy groups -OCH3 is 1. The predicted octanol–water partition coefficient (Wildman–Crippen LogP) is 5.15. The van der Waals surface area contributed by atoms with Crippen molar-refractivity contribution in [1.29, 1.82) is 0 Å². The predicted molar refractivity (Wildman–Crippen MR) is 122 cm³/mol. The molecular weight excluding hydrogens is 430 g/mol. The van der Waals surface area contributed by atoms with Crippen molar-refractivity contribution in [2.45, 2.75) is 0 Å². The van der Waals surface area contributed by atoms with Crippen molar-refractivity contribution in [3.63, 3.8) is 0 Å². The molecule has 0 N–H and O–H groups in total. The summed E-state index contributed by atoms with van der Waals surface area (Å²) in [6.45, 7) is 0.783. The van der Waals surface area contributed by atoms with Gasteiger partial charge in [0.1, 0.15) is 30.5 Å². The van der Waals surface area contributed by atoms with Crippen molar-refractivity contribution in [2.24, 2.45) is 4.99 Å². The Morgan fingerprint density at radius 3 is 2.31 bits per heavy atom. The number of halogens is 1. The maximum Gasteiger partial charge on any atom is 0.363 e. The van der Waals surface area contributed by atoms with Crippen LogP contribution in [0.5, 0.6) is 17.2 Å². The smallest absolute Gasteiger partial charge is 0.363 e. The number of ether oxygens (including phenoxy) is 4. The number of hydrogen-bond acceptors (Lipinski definition) is 6. The number of cyclic esters (lactones) is 1. The molecule has 6 nitrogen and oxygen atoms in total. The molecular formula is C25H20ClNO5. The topological polar surface area (TPSA) is 66.3 Å². The summed E-state index contributed by atoms with van der Waals surface area (Å²) in [6.07, 6.45) is 1.67. The zero-order chi connectivity index (χ0) is 22.3. The summed E-state index contributed by atoms with van der Waals surface area (Å²) in [4.78, 5) is 16.4. The summed E-state index contributed by atoms with van der Waals surface area (Å²) < 4.78 is 21.8. The summed E-state index contributed by atoms with van der Waals surface area (Å²) in [7, 11) is 1.61. The first-order valence-corrected chi connectivity index (χ1v) is 10.3. The lowest BCUT2D eigenvalue weighted by Gasteiger charge is -2.09. The second-order valence-electron chi connectivity index (χ2n) is 6.79. The van der Waals surface area contributed by atoms with E-state index in [1.54, 1.807) is 37.5 Å². The monoisotopic (exact) mass is 449 g/mol. The van der Waals surface area contributed by atoms with Crippen LogP contribution in [0, 0.1) is 0 Å². The maximum atomic E-state index is 12.2. The number of carbonyl (C=O) groups is 1. The van der Waals surface area contributed by atoms with Crippen molar-refractivity contribution < 1.29 is 23.7 Å². The molecule has 0 aromatic heterocycles. The van der Waals surface area contributed by atoms with E-state index in [1.165, 1.54) is 0 Å². The minimum absolute atomic E-state index is 0.232. The maximum absolute atomic E-state index is 12.2. The first kappa shape index (κ1) is 21.5. The number of benzene rings is 3. The van der Waals surface area contributed by atoms with E-state index in [1.807, 2.05) is 48.5 Å². The molecule has 32 heavy (non-hydrogen) atoms. The molecule has 3 aromatic rings. The van der Waals surface area contributed by atoms with Crippen LogP contribution >= 0.6 is 11.6 Å². The van der Waals surface area contributed by atoms with Crippen LogP contribution in [-0.2, 0) is 9.53 Å². The van der Waals surface area contributed by atoms with Crippen LogP contribution in [-0.4, -0.2) is 32.2 Å². The van der Waals surface area contributed by atoms with Gasteiger partial charge in [-0.1, -0.05) is 29.8 Å². The second kappa shape index (κ2) is 10.0. The van der Waals surface area contributed by atoms with Crippen LogP contribution in [0.1, 0.15) is 11.1 Å². The lowest BCUT2D eigenvalue weighted by molar-refractivity contribution is -0.129. The minimum Gasteiger partial charge on any atom is -0.497 e. The van der Waals surface area contributed by atoms with E-state index >= 15 is 0 Å². The third-order valence-corrected chi connectivity index (χ3v) is 4.81. The van der Waals surface area contributed by atoms with Gasteiger partial charge in [-0.2, -0.15) is 0 Å². The van der Waals surface area contributed by atoms with Crippen molar-refractivity contribution in [2.75, 3.05) is 20.3 Å². The number of carbonyl (C=O) groups excluding carboxylic acids is 1. The number of rotatable bonds is 8. The molecule has 0 amide bonds. The minimum atomic E-state index is -0.495. The van der Waals surface area contributed by atoms with E-state index in [0.717, 1.165) is 17.1 Å². The molecule has 3 aromatic carbocycles. The average molecular weight is 450 g/mol. The van der Waals surface area contributed by atoms with E-state index in [0.29, 0.717) is 29.5 Å². The van der Waals surface area contributed by atoms with Gasteiger partial charge in [0.25, 0.3) is 0 Å². The largest absolute Gasteiger partial charge is 0.497 e. The highest BCUT2D eigenvalue weighted by atomic mass is 35.5. The molecule has 0 saturated heterocycles. The molecule has 0 fully saturated rings. The highest BCUT2D eigenvalue weighted by Crippen LogP contribution is 2.22. The Morgan fingerprint density at radius 2 is 1.59 bits per heavy atom. The van der Waals surface area contributed by atoms with Crippen LogP contribution < -0.4 is 14.2 Å². The van der Waals surface area contributed by atoms with Crippen LogP contribution in [0.2, 0.25) is 5.02 Å². The molecule has 1 aliphatic heterocycles. The zero-order valence-electron chi connectivity index (χ0n) is 17.3. The van der Waals surface area contributed by atoms with E-state index in [4.69, 9.17) is 30.5 Å². The van der Waals surface area contributed by atoms with Crippen molar-refractivity contribution in [3.05, 3.63) is 94.6 Å². The van der Waals surface area contributed by atoms with Gasteiger partial charge in [-0.05, 0) is 60.2 Å². The highest BCUT2D eigenvalue weighted by Gasteiger charge is 2.24. The molecule has 4 rings (SSSR count). The fraction of sp³-hybridized carbons (Fsp3) is 0.120. The normalized spacial score (nSPS) is 14.1. The van der Waals surface area contributed by atoms with Gasteiger partial charge >= 0.3 is 5.97 Å². The summed E-state index contributed by atoms with van der Waals surface area (Å²) in [6, 6.07) is 21.7. The number of nitrogens with zero attached hydrogens (tertiary/aromatic N) is 1. The van der Waals surface area contributed by atoms with E-state index in [9.17, 15) is 4.79 Å². The molecule has 0 aliphatic carbocycles. The summed E-state index contributed by atoms with van der Waals surface area (Å²) in [5.41, 5.74) is 1.72. The Morgan fingerprint density at radius 1 is 0.906 bits per heavy atom. The van der Waals surface area contributed by atoms with Gasteiger partial charge in [0, 0.05) is 16.7 Å². The Balaban J connectivity index is 1.32. The Bertz CT molecular complexity index is 1150. The molecule has 0 spiro atoms. The third kappa shape index (κ3) is 5.47. The van der Waals surface area contributed by atoms with E-state index in [2.05, 4.69) is 4.99 Å². The lowest BCUT2D eigenvalue weighted by Crippen LogP contribution is -2.09. The van der Waals surface area contributed by atoms with Gasteiger partial charge in [-0.3, -0.25) is 0 Å². The Kier molecular flexibility index (Phi) is 6.72. The van der Waals surface area contributed by atoms with E-state index in [-0.39, 0.29) is 11.6 Å². The summed E-state index contributed by atoms with van der Waals surface area (Å²) in [5.74, 6) is 1.92. The molecule has 0 unspecified atom stereocenters. The van der Waals surface area contributed by atoms with Gasteiger partial charge < -0.3 is 18.9 Å². The van der Waals surface area contributed by atoms with Crippen LogP contribution in [0.3, 0.4) is 0 Å². The van der Waals surface area contributed by atoms with E-state index < -0.39 is 5.97 Å².